The fourth-order valence-electron chi connectivity index (χ4n) is 3.06. The van der Waals surface area contributed by atoms with E-state index >= 15 is 0 Å². The second kappa shape index (κ2) is 4.47. The molecule has 96 valence electrons. The van der Waals surface area contributed by atoms with Crippen molar-refractivity contribution < 1.29 is 4.79 Å². The van der Waals surface area contributed by atoms with Gasteiger partial charge in [-0.3, -0.25) is 4.79 Å². The largest absolute Gasteiger partial charge is 0.339 e. The first-order valence-corrected chi connectivity index (χ1v) is 6.93. The highest BCUT2D eigenvalue weighted by Crippen LogP contribution is 2.42. The normalized spacial score (nSPS) is 30.6. The van der Waals surface area contributed by atoms with Crippen molar-refractivity contribution in [1.29, 1.82) is 0 Å². The van der Waals surface area contributed by atoms with Crippen molar-refractivity contribution in [3.8, 4) is 0 Å². The summed E-state index contributed by atoms with van der Waals surface area (Å²) in [5.41, 5.74) is 1.45. The minimum absolute atomic E-state index is 0.137. The third-order valence-electron chi connectivity index (χ3n) is 4.72. The number of hydrogen-bond donors (Lipinski definition) is 0. The van der Waals surface area contributed by atoms with Gasteiger partial charge in [0.2, 0.25) is 5.91 Å². The second-order valence-corrected chi connectivity index (χ2v) is 6.35. The van der Waals surface area contributed by atoms with Crippen LogP contribution in [0.15, 0.2) is 12.2 Å². The molecule has 2 rings (SSSR count). The van der Waals surface area contributed by atoms with Gasteiger partial charge in [-0.1, -0.05) is 32.9 Å². The molecule has 1 amide bonds. The number of nitrogens with zero attached hydrogens (tertiary/aromatic N) is 1. The molecule has 1 aliphatic carbocycles. The number of carbonyl (C=O) groups is 1. The average Bonchev–Trinajstić information content (AvgIpc) is 2.20. The highest BCUT2D eigenvalue weighted by Gasteiger charge is 2.41. The third-order valence-corrected chi connectivity index (χ3v) is 4.72. The Morgan fingerprint density at radius 2 is 2.12 bits per heavy atom. The van der Waals surface area contributed by atoms with E-state index in [1.807, 2.05) is 0 Å². The Morgan fingerprint density at radius 3 is 2.59 bits per heavy atom. The first kappa shape index (κ1) is 12.7. The number of carbonyl (C=O) groups excluding carboxylic acids is 1. The van der Waals surface area contributed by atoms with Crippen LogP contribution in [0.4, 0.5) is 0 Å². The fourth-order valence-corrected chi connectivity index (χ4v) is 3.06. The molecule has 1 aliphatic heterocycles. The lowest BCUT2D eigenvalue weighted by Gasteiger charge is -2.48. The van der Waals surface area contributed by atoms with Crippen LogP contribution in [0.25, 0.3) is 0 Å². The summed E-state index contributed by atoms with van der Waals surface area (Å²) in [5.74, 6) is 0.875. The number of amides is 1. The summed E-state index contributed by atoms with van der Waals surface area (Å²) >= 11 is 0. The Morgan fingerprint density at radius 1 is 1.47 bits per heavy atom. The van der Waals surface area contributed by atoms with Crippen molar-refractivity contribution >= 4 is 5.91 Å². The van der Waals surface area contributed by atoms with E-state index in [1.165, 1.54) is 24.8 Å². The van der Waals surface area contributed by atoms with E-state index in [-0.39, 0.29) is 5.41 Å². The van der Waals surface area contributed by atoms with E-state index in [0.29, 0.717) is 24.3 Å². The maximum absolute atomic E-state index is 12.0. The molecule has 2 fully saturated rings. The van der Waals surface area contributed by atoms with E-state index < -0.39 is 0 Å². The highest BCUT2D eigenvalue weighted by atomic mass is 16.2. The summed E-state index contributed by atoms with van der Waals surface area (Å²) in [6, 6.07) is 0.530. The first-order chi connectivity index (χ1) is 7.94. The van der Waals surface area contributed by atoms with E-state index in [1.54, 1.807) is 0 Å². The van der Waals surface area contributed by atoms with Crippen LogP contribution >= 0.6 is 0 Å². The van der Waals surface area contributed by atoms with Crippen LogP contribution in [0.1, 0.15) is 52.9 Å². The first-order valence-electron chi connectivity index (χ1n) is 6.93. The standard InChI is InChI=1S/C15H25NO/c1-11(2)12(3)15(4)9-8-14(17)16(10-15)13-6-5-7-13/h11,13H,3,5-10H2,1-2,4H3. The lowest BCUT2D eigenvalue weighted by molar-refractivity contribution is -0.141. The Hall–Kier alpha value is -0.790. The minimum Gasteiger partial charge on any atom is -0.339 e. The van der Waals surface area contributed by atoms with Gasteiger partial charge in [0, 0.05) is 24.4 Å². The van der Waals surface area contributed by atoms with Crippen molar-refractivity contribution in [3.05, 3.63) is 12.2 Å². The van der Waals surface area contributed by atoms with Crippen molar-refractivity contribution in [2.45, 2.75) is 58.9 Å². The molecule has 0 aromatic heterocycles. The molecule has 17 heavy (non-hydrogen) atoms. The van der Waals surface area contributed by atoms with Crippen LogP contribution in [0.2, 0.25) is 0 Å². The number of rotatable bonds is 3. The van der Waals surface area contributed by atoms with Crippen LogP contribution in [0.5, 0.6) is 0 Å². The topological polar surface area (TPSA) is 20.3 Å². The molecular weight excluding hydrogens is 210 g/mol. The van der Waals surface area contributed by atoms with Gasteiger partial charge in [0.15, 0.2) is 0 Å². The fraction of sp³-hybridized carbons (Fsp3) is 0.800. The van der Waals surface area contributed by atoms with E-state index in [2.05, 4.69) is 32.3 Å². The third kappa shape index (κ3) is 2.27. The maximum atomic E-state index is 12.0. The molecule has 2 aliphatic rings. The summed E-state index contributed by atoms with van der Waals surface area (Å²) in [4.78, 5) is 14.1. The molecule has 1 saturated heterocycles. The minimum atomic E-state index is 0.137. The van der Waals surface area contributed by atoms with Crippen LogP contribution in [0, 0.1) is 11.3 Å². The van der Waals surface area contributed by atoms with Crippen molar-refractivity contribution in [3.63, 3.8) is 0 Å². The smallest absolute Gasteiger partial charge is 0.222 e. The van der Waals surface area contributed by atoms with Crippen molar-refractivity contribution in [1.82, 2.24) is 4.90 Å². The molecule has 0 spiro atoms. The average molecular weight is 235 g/mol. The van der Waals surface area contributed by atoms with Gasteiger partial charge in [-0.15, -0.1) is 0 Å². The molecule has 2 nitrogen and oxygen atoms in total. The molecule has 0 aromatic rings. The van der Waals surface area contributed by atoms with Crippen molar-refractivity contribution in [2.75, 3.05) is 6.54 Å². The summed E-state index contributed by atoms with van der Waals surface area (Å²) in [6.07, 6.45) is 5.38. The molecule has 1 heterocycles. The van der Waals surface area contributed by atoms with Crippen LogP contribution in [0.3, 0.4) is 0 Å². The van der Waals surface area contributed by atoms with Gasteiger partial charge in [-0.2, -0.15) is 0 Å². The molecule has 1 atom stereocenters. The lowest BCUT2D eigenvalue weighted by Crippen LogP contribution is -2.53. The van der Waals surface area contributed by atoms with Gasteiger partial charge < -0.3 is 4.90 Å². The van der Waals surface area contributed by atoms with E-state index in [0.717, 1.165) is 13.0 Å². The quantitative estimate of drug-likeness (QED) is 0.687. The zero-order valence-corrected chi connectivity index (χ0v) is 11.5. The second-order valence-electron chi connectivity index (χ2n) is 6.35. The van der Waals surface area contributed by atoms with Gasteiger partial charge in [0.1, 0.15) is 0 Å². The Labute approximate surface area is 105 Å². The van der Waals surface area contributed by atoms with Gasteiger partial charge in [0.25, 0.3) is 0 Å². The van der Waals surface area contributed by atoms with Crippen LogP contribution in [-0.4, -0.2) is 23.4 Å². The summed E-state index contributed by atoms with van der Waals surface area (Å²) in [5, 5.41) is 0. The maximum Gasteiger partial charge on any atom is 0.222 e. The predicted octanol–water partition coefficient (Wildman–Crippen LogP) is 3.38. The van der Waals surface area contributed by atoms with E-state index in [4.69, 9.17) is 0 Å². The lowest BCUT2D eigenvalue weighted by atomic mass is 9.71. The molecule has 2 heteroatoms. The van der Waals surface area contributed by atoms with Gasteiger partial charge in [-0.25, -0.2) is 0 Å². The van der Waals surface area contributed by atoms with Gasteiger partial charge in [-0.05, 0) is 31.6 Å². The zero-order chi connectivity index (χ0) is 12.6. The number of hydrogen-bond acceptors (Lipinski definition) is 1. The molecular formula is C15H25NO. The Bertz CT molecular complexity index is 330. The Balaban J connectivity index is 2.10. The monoisotopic (exact) mass is 235 g/mol. The van der Waals surface area contributed by atoms with Gasteiger partial charge >= 0.3 is 0 Å². The molecule has 0 bridgehead atoms. The predicted molar refractivity (Wildman–Crippen MR) is 70.7 cm³/mol. The number of likely N-dealkylation sites (tertiary alicyclic amines) is 1. The van der Waals surface area contributed by atoms with E-state index in [9.17, 15) is 4.79 Å². The SMILES string of the molecule is C=C(C(C)C)C1(C)CCC(=O)N(C2CCC2)C1. The highest BCUT2D eigenvalue weighted by molar-refractivity contribution is 5.77. The molecule has 1 unspecified atom stereocenters. The summed E-state index contributed by atoms with van der Waals surface area (Å²) in [7, 11) is 0. The van der Waals surface area contributed by atoms with Gasteiger partial charge in [0.05, 0.1) is 0 Å². The summed E-state index contributed by atoms with van der Waals surface area (Å²) < 4.78 is 0. The summed E-state index contributed by atoms with van der Waals surface area (Å²) in [6.45, 7) is 11.9. The Kier molecular flexibility index (Phi) is 3.33. The van der Waals surface area contributed by atoms with Crippen molar-refractivity contribution in [2.24, 2.45) is 11.3 Å². The molecule has 1 saturated carbocycles. The molecule has 0 radical (unpaired) electrons. The van der Waals surface area contributed by atoms with Crippen LogP contribution < -0.4 is 0 Å². The number of piperidine rings is 1. The zero-order valence-electron chi connectivity index (χ0n) is 11.5. The molecule has 0 aromatic carbocycles. The molecule has 0 N–H and O–H groups in total. The van der Waals surface area contributed by atoms with Crippen LogP contribution in [-0.2, 0) is 4.79 Å².